The molecular weight excluding hydrogens is 250 g/mol. The van der Waals surface area contributed by atoms with Crippen LogP contribution in [0.3, 0.4) is 0 Å². The number of carbonyl (C=O) groups excluding carboxylic acids is 1. The summed E-state index contributed by atoms with van der Waals surface area (Å²) in [4.78, 5) is 11.9. The van der Waals surface area contributed by atoms with Crippen LogP contribution in [0.15, 0.2) is 29.3 Å². The Morgan fingerprint density at radius 1 is 1.32 bits per heavy atom. The van der Waals surface area contributed by atoms with Gasteiger partial charge >= 0.3 is 0 Å². The lowest BCUT2D eigenvalue weighted by Crippen LogP contribution is -2.38. The summed E-state index contributed by atoms with van der Waals surface area (Å²) in [5, 5.41) is 5.84. The molecule has 3 nitrogen and oxygen atoms in total. The number of benzene rings is 1. The Bertz CT molecular complexity index is 534. The summed E-state index contributed by atoms with van der Waals surface area (Å²) < 4.78 is 26.0. The van der Waals surface area contributed by atoms with Crippen LogP contribution in [0, 0.1) is 11.6 Å². The summed E-state index contributed by atoms with van der Waals surface area (Å²) in [5.41, 5.74) is 2.31. The molecule has 0 aliphatic carbocycles. The van der Waals surface area contributed by atoms with Crippen molar-refractivity contribution < 1.29 is 13.6 Å². The number of hydrogen-bond donors (Lipinski definition) is 2. The van der Waals surface area contributed by atoms with Crippen LogP contribution in [-0.2, 0) is 4.79 Å². The van der Waals surface area contributed by atoms with Crippen LogP contribution >= 0.6 is 0 Å². The van der Waals surface area contributed by atoms with E-state index in [4.69, 9.17) is 0 Å². The molecule has 1 saturated heterocycles. The average Bonchev–Trinajstić information content (AvgIpc) is 2.30. The van der Waals surface area contributed by atoms with Gasteiger partial charge in [0.05, 0.1) is 6.04 Å². The first-order valence-corrected chi connectivity index (χ1v) is 6.14. The van der Waals surface area contributed by atoms with Gasteiger partial charge in [0.25, 0.3) is 0 Å². The molecule has 1 fully saturated rings. The number of carbonyl (C=O) groups is 1. The van der Waals surface area contributed by atoms with E-state index in [0.29, 0.717) is 11.1 Å². The monoisotopic (exact) mass is 266 g/mol. The minimum Gasteiger partial charge on any atom is -0.346 e. The van der Waals surface area contributed by atoms with Crippen molar-refractivity contribution in [3.8, 4) is 0 Å². The molecule has 0 saturated carbocycles. The molecular formula is C14H16F2N2O. The zero-order valence-electron chi connectivity index (χ0n) is 10.9. The Balaban J connectivity index is 2.06. The van der Waals surface area contributed by atoms with Crippen molar-refractivity contribution in [3.63, 3.8) is 0 Å². The van der Waals surface area contributed by atoms with Crippen LogP contribution in [-0.4, -0.2) is 19.0 Å². The standard InChI is InChI=1S/C14H16F2N2O/c1-8(11-6-17-7-11)14(19)18-9(2)10-3-4-12(15)13(16)5-10/h3-5,9,17H,6-7H2,1-2H3,(H,18,19). The molecule has 1 aliphatic heterocycles. The fourth-order valence-corrected chi connectivity index (χ4v) is 1.85. The van der Waals surface area contributed by atoms with Gasteiger partial charge in [-0.25, -0.2) is 8.78 Å². The van der Waals surface area contributed by atoms with Gasteiger partial charge in [-0.15, -0.1) is 0 Å². The quantitative estimate of drug-likeness (QED) is 0.822. The van der Waals surface area contributed by atoms with Gasteiger partial charge in [-0.1, -0.05) is 6.07 Å². The SMILES string of the molecule is CC(C(=O)NC(C)c1ccc(F)c(F)c1)=C1CNC1. The first-order valence-electron chi connectivity index (χ1n) is 6.14. The minimum absolute atomic E-state index is 0.172. The molecule has 1 heterocycles. The zero-order valence-corrected chi connectivity index (χ0v) is 10.9. The van der Waals surface area contributed by atoms with Crippen LogP contribution in [0.5, 0.6) is 0 Å². The maximum absolute atomic E-state index is 13.1. The molecule has 1 aromatic carbocycles. The van der Waals surface area contributed by atoms with E-state index in [9.17, 15) is 13.6 Å². The van der Waals surface area contributed by atoms with Crippen molar-refractivity contribution in [2.45, 2.75) is 19.9 Å². The second kappa shape index (κ2) is 5.48. The Labute approximate surface area is 110 Å². The Hall–Kier alpha value is -1.75. The second-order valence-electron chi connectivity index (χ2n) is 4.70. The van der Waals surface area contributed by atoms with Crippen molar-refractivity contribution in [2.24, 2.45) is 0 Å². The van der Waals surface area contributed by atoms with E-state index in [1.54, 1.807) is 13.8 Å². The third-order valence-corrected chi connectivity index (χ3v) is 3.34. The Morgan fingerprint density at radius 2 is 2.00 bits per heavy atom. The van der Waals surface area contributed by atoms with Gasteiger partial charge < -0.3 is 10.6 Å². The van der Waals surface area contributed by atoms with Crippen molar-refractivity contribution >= 4 is 5.91 Å². The van der Waals surface area contributed by atoms with E-state index in [1.165, 1.54) is 6.07 Å². The summed E-state index contributed by atoms with van der Waals surface area (Å²) in [6, 6.07) is 3.27. The van der Waals surface area contributed by atoms with E-state index in [-0.39, 0.29) is 11.9 Å². The van der Waals surface area contributed by atoms with Crippen LogP contribution in [0.25, 0.3) is 0 Å². The van der Waals surface area contributed by atoms with Crippen LogP contribution in [0.1, 0.15) is 25.5 Å². The first kappa shape index (κ1) is 13.7. The van der Waals surface area contributed by atoms with Gasteiger partial charge in [0, 0.05) is 18.7 Å². The molecule has 1 atom stereocenters. The van der Waals surface area contributed by atoms with Crippen LogP contribution in [0.2, 0.25) is 0 Å². The topological polar surface area (TPSA) is 41.1 Å². The number of hydrogen-bond acceptors (Lipinski definition) is 2. The number of amides is 1. The van der Waals surface area contributed by atoms with Crippen molar-refractivity contribution in [1.29, 1.82) is 0 Å². The molecule has 0 radical (unpaired) electrons. The zero-order chi connectivity index (χ0) is 14.0. The van der Waals surface area contributed by atoms with E-state index < -0.39 is 11.6 Å². The fourth-order valence-electron chi connectivity index (χ4n) is 1.85. The molecule has 0 aromatic heterocycles. The largest absolute Gasteiger partial charge is 0.346 e. The van der Waals surface area contributed by atoms with E-state index in [1.807, 2.05) is 0 Å². The highest BCUT2D eigenvalue weighted by molar-refractivity contribution is 5.94. The molecule has 102 valence electrons. The molecule has 0 spiro atoms. The van der Waals surface area contributed by atoms with Crippen molar-refractivity contribution in [1.82, 2.24) is 10.6 Å². The maximum Gasteiger partial charge on any atom is 0.247 e. The van der Waals surface area contributed by atoms with Crippen molar-refractivity contribution in [2.75, 3.05) is 13.1 Å². The van der Waals surface area contributed by atoms with E-state index in [0.717, 1.165) is 30.8 Å². The third kappa shape index (κ3) is 2.98. The molecule has 2 N–H and O–H groups in total. The normalized spacial score (nSPS) is 15.7. The highest BCUT2D eigenvalue weighted by Crippen LogP contribution is 2.17. The molecule has 1 unspecified atom stereocenters. The van der Waals surface area contributed by atoms with Crippen molar-refractivity contribution in [3.05, 3.63) is 46.5 Å². The Kier molecular flexibility index (Phi) is 3.95. The number of halogens is 2. The lowest BCUT2D eigenvalue weighted by atomic mass is 10.0. The lowest BCUT2D eigenvalue weighted by molar-refractivity contribution is -0.118. The molecule has 2 rings (SSSR count). The second-order valence-corrected chi connectivity index (χ2v) is 4.70. The third-order valence-electron chi connectivity index (χ3n) is 3.34. The molecule has 19 heavy (non-hydrogen) atoms. The highest BCUT2D eigenvalue weighted by atomic mass is 19.2. The first-order chi connectivity index (χ1) is 8.99. The lowest BCUT2D eigenvalue weighted by Gasteiger charge is -2.22. The minimum atomic E-state index is -0.906. The molecule has 1 aromatic rings. The molecule has 1 amide bonds. The highest BCUT2D eigenvalue weighted by Gasteiger charge is 2.18. The smallest absolute Gasteiger partial charge is 0.247 e. The summed E-state index contributed by atoms with van der Waals surface area (Å²) in [6.45, 7) is 4.97. The molecule has 0 bridgehead atoms. The van der Waals surface area contributed by atoms with Crippen LogP contribution in [0.4, 0.5) is 8.78 Å². The summed E-state index contributed by atoms with van der Waals surface area (Å²) in [6.07, 6.45) is 0. The fraction of sp³-hybridized carbons (Fsp3) is 0.357. The van der Waals surface area contributed by atoms with E-state index in [2.05, 4.69) is 10.6 Å². The van der Waals surface area contributed by atoms with Gasteiger partial charge in [-0.3, -0.25) is 4.79 Å². The Morgan fingerprint density at radius 3 is 2.53 bits per heavy atom. The van der Waals surface area contributed by atoms with Gasteiger partial charge in [0.2, 0.25) is 5.91 Å². The van der Waals surface area contributed by atoms with Gasteiger partial charge in [-0.05, 0) is 37.1 Å². The van der Waals surface area contributed by atoms with Crippen LogP contribution < -0.4 is 10.6 Å². The predicted molar refractivity (Wildman–Crippen MR) is 68.5 cm³/mol. The van der Waals surface area contributed by atoms with E-state index >= 15 is 0 Å². The molecule has 1 aliphatic rings. The number of rotatable bonds is 3. The summed E-state index contributed by atoms with van der Waals surface area (Å²) in [7, 11) is 0. The van der Waals surface area contributed by atoms with Gasteiger partial charge in [0.1, 0.15) is 0 Å². The average molecular weight is 266 g/mol. The van der Waals surface area contributed by atoms with Gasteiger partial charge in [0.15, 0.2) is 11.6 Å². The number of nitrogens with one attached hydrogen (secondary N) is 2. The maximum atomic E-state index is 13.1. The predicted octanol–water partition coefficient (Wildman–Crippen LogP) is 2.06. The summed E-state index contributed by atoms with van der Waals surface area (Å²) >= 11 is 0. The van der Waals surface area contributed by atoms with Gasteiger partial charge in [-0.2, -0.15) is 0 Å². The summed E-state index contributed by atoms with van der Waals surface area (Å²) in [5.74, 6) is -1.97. The molecule has 5 heteroatoms.